The average molecular weight is 433 g/mol. The second-order valence-corrected chi connectivity index (χ2v) is 9.51. The van der Waals surface area contributed by atoms with Gasteiger partial charge in [-0.15, -0.1) is 0 Å². The highest BCUT2D eigenvalue weighted by molar-refractivity contribution is 5.90. The third-order valence-corrected chi connectivity index (χ3v) is 8.07. The van der Waals surface area contributed by atoms with Gasteiger partial charge in [0.05, 0.1) is 11.0 Å². The molecule has 5 N–H and O–H groups in total. The summed E-state index contributed by atoms with van der Waals surface area (Å²) >= 11 is 0. The molecular weight excluding hydrogens is 400 g/mol. The third-order valence-electron chi connectivity index (χ3n) is 8.07. The van der Waals surface area contributed by atoms with E-state index >= 15 is 0 Å². The Labute approximate surface area is 182 Å². The standard InChI is InChI=1S/C17H19NO4.C6H13NO2/c1-18-7-6-16-13-9-2-3-10(19)14(13)22-15(16)11(20)4-5-17(16,21)12(18)8-9;1-3-4(2)5(7)6(8)9/h2-3,12,15,19,21H,4-8H2,1H3;4-5H,3,7H2,1-2H3,(H,8,9)/t12-,15+,16+,17-;/m1./s1. The number of phenols is 1. The Bertz CT molecular complexity index is 920. The molecule has 6 atom stereocenters. The van der Waals surface area contributed by atoms with Crippen molar-refractivity contribution in [3.8, 4) is 11.5 Å². The van der Waals surface area contributed by atoms with Crippen molar-refractivity contribution in [1.29, 1.82) is 0 Å². The maximum atomic E-state index is 12.5. The lowest BCUT2D eigenvalue weighted by molar-refractivity contribution is -0.185. The molecule has 1 spiro atoms. The van der Waals surface area contributed by atoms with E-state index in [1.807, 2.05) is 27.0 Å². The van der Waals surface area contributed by atoms with Crippen LogP contribution in [-0.4, -0.2) is 69.4 Å². The fraction of sp³-hybridized carbons (Fsp3) is 0.652. The molecular formula is C23H32N2O6. The number of ether oxygens (including phenoxy) is 1. The summed E-state index contributed by atoms with van der Waals surface area (Å²) in [5.74, 6) is -0.280. The van der Waals surface area contributed by atoms with Crippen LogP contribution in [0, 0.1) is 5.92 Å². The fourth-order valence-electron chi connectivity index (χ4n) is 6.03. The van der Waals surface area contributed by atoms with Gasteiger partial charge in [0.1, 0.15) is 6.04 Å². The molecule has 2 unspecified atom stereocenters. The number of Topliss-reactive ketones (excluding diaryl/α,β-unsaturated/α-hetero) is 1. The summed E-state index contributed by atoms with van der Waals surface area (Å²) < 4.78 is 5.94. The van der Waals surface area contributed by atoms with Crippen molar-refractivity contribution in [3.63, 3.8) is 0 Å². The lowest BCUT2D eigenvalue weighted by atomic mass is 9.49. The van der Waals surface area contributed by atoms with Crippen LogP contribution in [-0.2, 0) is 21.4 Å². The van der Waals surface area contributed by atoms with Crippen LogP contribution in [0.2, 0.25) is 0 Å². The summed E-state index contributed by atoms with van der Waals surface area (Å²) in [4.78, 5) is 24.9. The number of hydrogen-bond acceptors (Lipinski definition) is 7. The number of benzene rings is 1. The number of aromatic hydroxyl groups is 1. The Balaban J connectivity index is 0.000000221. The number of likely N-dealkylation sites (tertiary alicyclic amines) is 1. The van der Waals surface area contributed by atoms with Crippen LogP contribution in [0.5, 0.6) is 11.5 Å². The predicted molar refractivity (Wildman–Crippen MR) is 113 cm³/mol. The summed E-state index contributed by atoms with van der Waals surface area (Å²) in [6.07, 6.45) is 2.42. The van der Waals surface area contributed by atoms with Crippen molar-refractivity contribution >= 4 is 11.8 Å². The van der Waals surface area contributed by atoms with E-state index < -0.39 is 29.1 Å². The van der Waals surface area contributed by atoms with Gasteiger partial charge in [0.2, 0.25) is 0 Å². The molecule has 2 aliphatic heterocycles. The molecule has 0 aromatic heterocycles. The van der Waals surface area contributed by atoms with Gasteiger partial charge in [-0.25, -0.2) is 0 Å². The Morgan fingerprint density at radius 2 is 2.10 bits per heavy atom. The minimum absolute atomic E-state index is 0.00319. The zero-order valence-electron chi connectivity index (χ0n) is 18.3. The molecule has 2 aliphatic carbocycles. The van der Waals surface area contributed by atoms with E-state index in [0.717, 1.165) is 30.5 Å². The summed E-state index contributed by atoms with van der Waals surface area (Å²) in [5, 5.41) is 30.2. The summed E-state index contributed by atoms with van der Waals surface area (Å²) in [6, 6.07) is 2.87. The van der Waals surface area contributed by atoms with E-state index in [2.05, 4.69) is 4.90 Å². The predicted octanol–water partition coefficient (Wildman–Crippen LogP) is 1.19. The molecule has 2 heterocycles. The molecule has 170 valence electrons. The van der Waals surface area contributed by atoms with Crippen LogP contribution < -0.4 is 10.5 Å². The fourth-order valence-corrected chi connectivity index (χ4v) is 6.03. The molecule has 0 amide bonds. The molecule has 1 saturated heterocycles. The number of carbonyl (C=O) groups excluding carboxylic acids is 1. The monoisotopic (exact) mass is 432 g/mol. The molecule has 8 nitrogen and oxygen atoms in total. The maximum absolute atomic E-state index is 12.5. The van der Waals surface area contributed by atoms with Crippen LogP contribution in [0.4, 0.5) is 0 Å². The second kappa shape index (κ2) is 7.46. The van der Waals surface area contributed by atoms with Crippen molar-refractivity contribution in [2.45, 2.75) is 75.2 Å². The number of nitrogens with zero attached hydrogens (tertiary/aromatic N) is 1. The number of carboxylic acids is 1. The Hall–Kier alpha value is -2.16. The molecule has 31 heavy (non-hydrogen) atoms. The number of hydrogen-bond donors (Lipinski definition) is 4. The first-order valence-electron chi connectivity index (χ1n) is 11.0. The van der Waals surface area contributed by atoms with Gasteiger partial charge < -0.3 is 30.7 Å². The summed E-state index contributed by atoms with van der Waals surface area (Å²) in [6.45, 7) is 4.58. The van der Waals surface area contributed by atoms with E-state index in [4.69, 9.17) is 15.6 Å². The van der Waals surface area contributed by atoms with Gasteiger partial charge in [-0.05, 0) is 50.4 Å². The number of rotatable bonds is 3. The number of carbonyl (C=O) groups is 2. The molecule has 2 fully saturated rings. The molecule has 1 aromatic rings. The highest BCUT2D eigenvalue weighted by atomic mass is 16.5. The van der Waals surface area contributed by atoms with E-state index in [9.17, 15) is 19.8 Å². The summed E-state index contributed by atoms with van der Waals surface area (Å²) in [5.41, 5.74) is 5.64. The highest BCUT2D eigenvalue weighted by Crippen LogP contribution is 2.64. The Kier molecular flexibility index (Phi) is 5.31. The maximum Gasteiger partial charge on any atom is 0.320 e. The van der Waals surface area contributed by atoms with Crippen molar-refractivity contribution in [2.24, 2.45) is 11.7 Å². The van der Waals surface area contributed by atoms with Crippen molar-refractivity contribution < 1.29 is 29.6 Å². The zero-order chi connectivity index (χ0) is 22.7. The molecule has 0 radical (unpaired) electrons. The normalized spacial score (nSPS) is 34.7. The Morgan fingerprint density at radius 3 is 2.71 bits per heavy atom. The molecule has 4 aliphatic rings. The SMILES string of the molecule is CCC(C)C(N)C(=O)O.CN1CC[C@]23c4c5ccc(O)c4O[C@H]2C(=O)CC[C@@]3(O)[C@H]1C5. The van der Waals surface area contributed by atoms with Crippen LogP contribution in [0.15, 0.2) is 12.1 Å². The minimum Gasteiger partial charge on any atom is -0.504 e. The lowest BCUT2D eigenvalue weighted by Gasteiger charge is -2.61. The topological polar surface area (TPSA) is 133 Å². The van der Waals surface area contributed by atoms with Crippen LogP contribution >= 0.6 is 0 Å². The van der Waals surface area contributed by atoms with Gasteiger partial charge in [-0.2, -0.15) is 0 Å². The molecule has 8 heteroatoms. The quantitative estimate of drug-likeness (QED) is 0.560. The van der Waals surface area contributed by atoms with Gasteiger partial charge in [0, 0.05) is 18.0 Å². The van der Waals surface area contributed by atoms with Gasteiger partial charge in [-0.1, -0.05) is 26.3 Å². The van der Waals surface area contributed by atoms with Crippen LogP contribution in [0.1, 0.15) is 50.7 Å². The Morgan fingerprint density at radius 1 is 1.39 bits per heavy atom. The highest BCUT2D eigenvalue weighted by Gasteiger charge is 2.72. The number of aliphatic hydroxyl groups is 1. The van der Waals surface area contributed by atoms with E-state index in [1.165, 1.54) is 0 Å². The number of likely N-dealkylation sites (N-methyl/N-ethyl adjacent to an activating group) is 1. The molecule has 5 rings (SSSR count). The minimum atomic E-state index is -0.954. The van der Waals surface area contributed by atoms with Gasteiger partial charge in [0.15, 0.2) is 23.4 Å². The molecule has 1 aromatic carbocycles. The van der Waals surface area contributed by atoms with Gasteiger partial charge >= 0.3 is 5.97 Å². The lowest BCUT2D eigenvalue weighted by Crippen LogP contribution is -2.76. The number of carboxylic acid groups (broad SMARTS) is 1. The molecule has 2 bridgehead atoms. The zero-order valence-corrected chi connectivity index (χ0v) is 18.3. The van der Waals surface area contributed by atoms with E-state index in [1.54, 1.807) is 6.07 Å². The number of ketones is 1. The first-order valence-corrected chi connectivity index (χ1v) is 11.0. The smallest absolute Gasteiger partial charge is 0.320 e. The average Bonchev–Trinajstić information content (AvgIpc) is 3.10. The largest absolute Gasteiger partial charge is 0.504 e. The first-order chi connectivity index (χ1) is 14.6. The number of piperidine rings is 1. The number of phenolic OH excluding ortho intramolecular Hbond substituents is 1. The van der Waals surface area contributed by atoms with Gasteiger partial charge in [-0.3, -0.25) is 9.59 Å². The number of nitrogens with two attached hydrogens (primary N) is 1. The van der Waals surface area contributed by atoms with Crippen molar-refractivity contribution in [1.82, 2.24) is 4.90 Å². The van der Waals surface area contributed by atoms with Gasteiger partial charge in [0.25, 0.3) is 0 Å². The van der Waals surface area contributed by atoms with E-state index in [0.29, 0.717) is 25.0 Å². The van der Waals surface area contributed by atoms with Crippen LogP contribution in [0.25, 0.3) is 0 Å². The van der Waals surface area contributed by atoms with Crippen molar-refractivity contribution in [2.75, 3.05) is 13.6 Å². The summed E-state index contributed by atoms with van der Waals surface area (Å²) in [7, 11) is 2.04. The van der Waals surface area contributed by atoms with E-state index in [-0.39, 0.29) is 23.5 Å². The van der Waals surface area contributed by atoms with Crippen molar-refractivity contribution in [3.05, 3.63) is 23.3 Å². The van der Waals surface area contributed by atoms with Crippen LogP contribution in [0.3, 0.4) is 0 Å². The third kappa shape index (κ3) is 2.92. The first kappa shape index (κ1) is 22.0. The number of aliphatic carboxylic acids is 1. The molecule has 1 saturated carbocycles. The second-order valence-electron chi connectivity index (χ2n) is 9.51.